The molecule has 0 aliphatic rings. The minimum atomic E-state index is 0. The van der Waals surface area contributed by atoms with Crippen molar-refractivity contribution in [3.8, 4) is 0 Å². The average molecular weight is 387 g/mol. The zero-order chi connectivity index (χ0) is 17.4. The third-order valence-corrected chi connectivity index (χ3v) is 5.06. The highest BCUT2D eigenvalue weighted by Crippen LogP contribution is 2.19. The van der Waals surface area contributed by atoms with E-state index in [1.54, 1.807) is 0 Å². The first-order valence-corrected chi connectivity index (χ1v) is 9.75. The van der Waals surface area contributed by atoms with E-state index in [0.717, 1.165) is 23.6 Å². The molecule has 0 saturated heterocycles. The fourth-order valence-electron chi connectivity index (χ4n) is 3.18. The van der Waals surface area contributed by atoms with Crippen LogP contribution in [0.15, 0.2) is 18.2 Å². The van der Waals surface area contributed by atoms with Crippen molar-refractivity contribution in [2.75, 3.05) is 6.61 Å². The highest BCUT2D eigenvalue weighted by molar-refractivity contribution is 6.31. The van der Waals surface area contributed by atoms with Crippen LogP contribution in [0.1, 0.15) is 64.1 Å². The predicted octanol–water partition coefficient (Wildman–Crippen LogP) is 2.55. The summed E-state index contributed by atoms with van der Waals surface area (Å²) in [7, 11) is 2.08. The zero-order valence-corrected chi connectivity index (χ0v) is 17.4. The van der Waals surface area contributed by atoms with Crippen LogP contribution in [0.2, 0.25) is 5.02 Å². The predicted molar refractivity (Wildman–Crippen MR) is 101 cm³/mol. The van der Waals surface area contributed by atoms with Gasteiger partial charge in [-0.1, -0.05) is 63.5 Å². The van der Waals surface area contributed by atoms with Crippen LogP contribution in [-0.4, -0.2) is 11.2 Å². The van der Waals surface area contributed by atoms with Gasteiger partial charge in [0, 0.05) is 18.0 Å². The number of rotatable bonds is 11. The molecule has 0 saturated carbocycles. The topological polar surface area (TPSA) is 18.0 Å². The first kappa shape index (κ1) is 22.3. The lowest BCUT2D eigenvalue weighted by Gasteiger charge is -2.04. The summed E-state index contributed by atoms with van der Waals surface area (Å²) in [5, 5.41) is 0.768. The van der Waals surface area contributed by atoms with Gasteiger partial charge in [-0.2, -0.15) is 0 Å². The zero-order valence-electron chi connectivity index (χ0n) is 15.9. The fraction of sp³-hybridized carbons (Fsp3) is 0.650. The van der Waals surface area contributed by atoms with Crippen LogP contribution in [0, 0.1) is 6.92 Å². The SMILES string of the molecule is CCCCCCCCCCOCn1c(C)[n+](C)c2ccc(Cl)cc21.[Cl-]. The van der Waals surface area contributed by atoms with Crippen LogP contribution in [0.5, 0.6) is 0 Å². The van der Waals surface area contributed by atoms with Crippen LogP contribution in [0.3, 0.4) is 0 Å². The summed E-state index contributed by atoms with van der Waals surface area (Å²) >= 11 is 6.15. The van der Waals surface area contributed by atoms with Crippen LogP contribution in [0.4, 0.5) is 0 Å². The van der Waals surface area contributed by atoms with E-state index in [1.165, 1.54) is 56.3 Å². The van der Waals surface area contributed by atoms with Crippen molar-refractivity contribution in [2.45, 2.75) is 71.9 Å². The van der Waals surface area contributed by atoms with Gasteiger partial charge in [-0.25, -0.2) is 9.13 Å². The number of imidazole rings is 1. The summed E-state index contributed by atoms with van der Waals surface area (Å²) in [6, 6.07) is 6.03. The molecule has 0 unspecified atom stereocenters. The summed E-state index contributed by atoms with van der Waals surface area (Å²) < 4.78 is 10.3. The average Bonchev–Trinajstić information content (AvgIpc) is 2.80. The standard InChI is InChI=1S/C20H32ClN2O.ClH/c1-4-5-6-7-8-9-10-11-14-24-16-23-17(2)22(3)19-13-12-18(21)15-20(19)23;/h12-13,15H,4-11,14,16H2,1-3H3;1H/q+1;/p-1. The van der Waals surface area contributed by atoms with Crippen molar-refractivity contribution in [3.05, 3.63) is 29.0 Å². The van der Waals surface area contributed by atoms with E-state index in [2.05, 4.69) is 36.1 Å². The van der Waals surface area contributed by atoms with Gasteiger partial charge in [-0.05, 0) is 18.6 Å². The van der Waals surface area contributed by atoms with Gasteiger partial charge in [-0.3, -0.25) is 0 Å². The van der Waals surface area contributed by atoms with E-state index in [1.807, 2.05) is 12.1 Å². The molecule has 0 aliphatic heterocycles. The van der Waals surface area contributed by atoms with Crippen LogP contribution < -0.4 is 17.0 Å². The van der Waals surface area contributed by atoms with Gasteiger partial charge in [0.05, 0.1) is 13.7 Å². The Kier molecular flexibility index (Phi) is 10.5. The normalized spacial score (nSPS) is 11.0. The first-order valence-electron chi connectivity index (χ1n) is 9.37. The Morgan fingerprint density at radius 2 is 1.68 bits per heavy atom. The summed E-state index contributed by atoms with van der Waals surface area (Å²) in [5.41, 5.74) is 2.33. The molecule has 0 radical (unpaired) electrons. The Bertz CT molecular complexity index is 640. The lowest BCUT2D eigenvalue weighted by Crippen LogP contribution is -3.00. The number of unbranched alkanes of at least 4 members (excludes halogenated alkanes) is 7. The molecule has 1 aromatic carbocycles. The van der Waals surface area contributed by atoms with Gasteiger partial charge in [0.25, 0.3) is 5.82 Å². The minimum Gasteiger partial charge on any atom is -1.00 e. The van der Waals surface area contributed by atoms with E-state index in [-0.39, 0.29) is 12.4 Å². The van der Waals surface area contributed by atoms with Crippen molar-refractivity contribution >= 4 is 22.6 Å². The molecule has 2 rings (SSSR count). The number of aryl methyl sites for hydroxylation is 1. The summed E-state index contributed by atoms with van der Waals surface area (Å²) in [4.78, 5) is 0. The second kappa shape index (κ2) is 11.8. The molecule has 0 bridgehead atoms. The third kappa shape index (κ3) is 6.47. The Balaban J connectivity index is 0.00000312. The van der Waals surface area contributed by atoms with Gasteiger partial charge in [-0.15, -0.1) is 0 Å². The summed E-state index contributed by atoms with van der Waals surface area (Å²) in [6.45, 7) is 5.81. The second-order valence-corrected chi connectivity index (χ2v) is 7.12. The molecular formula is C20H32Cl2N2O. The van der Waals surface area contributed by atoms with Gasteiger partial charge in [0.15, 0.2) is 17.8 Å². The molecule has 0 N–H and O–H groups in total. The Labute approximate surface area is 163 Å². The highest BCUT2D eigenvalue weighted by Gasteiger charge is 2.19. The minimum absolute atomic E-state index is 0. The molecule has 142 valence electrons. The van der Waals surface area contributed by atoms with Crippen LogP contribution in [0.25, 0.3) is 11.0 Å². The van der Waals surface area contributed by atoms with Gasteiger partial charge < -0.3 is 17.1 Å². The monoisotopic (exact) mass is 386 g/mol. The van der Waals surface area contributed by atoms with Crippen molar-refractivity contribution in [1.29, 1.82) is 0 Å². The number of benzene rings is 1. The van der Waals surface area contributed by atoms with E-state index in [4.69, 9.17) is 16.3 Å². The maximum atomic E-state index is 6.15. The lowest BCUT2D eigenvalue weighted by molar-refractivity contribution is -0.652. The molecular weight excluding hydrogens is 355 g/mol. The van der Waals surface area contributed by atoms with Crippen molar-refractivity contribution in [3.63, 3.8) is 0 Å². The first-order chi connectivity index (χ1) is 11.6. The number of hydrogen-bond donors (Lipinski definition) is 0. The Hall–Kier alpha value is -0.770. The van der Waals surface area contributed by atoms with Gasteiger partial charge >= 0.3 is 0 Å². The molecule has 25 heavy (non-hydrogen) atoms. The molecule has 2 aromatic rings. The molecule has 0 amide bonds. The molecule has 3 nitrogen and oxygen atoms in total. The number of nitrogens with zero attached hydrogens (tertiary/aromatic N) is 2. The van der Waals surface area contributed by atoms with Crippen molar-refractivity contribution < 1.29 is 21.7 Å². The number of hydrogen-bond acceptors (Lipinski definition) is 1. The highest BCUT2D eigenvalue weighted by atomic mass is 35.5. The van der Waals surface area contributed by atoms with E-state index in [9.17, 15) is 0 Å². The number of fused-ring (bicyclic) bond motifs is 1. The Morgan fingerprint density at radius 3 is 2.36 bits per heavy atom. The molecule has 0 fully saturated rings. The summed E-state index contributed by atoms with van der Waals surface area (Å²) in [6.07, 6.45) is 10.6. The summed E-state index contributed by atoms with van der Waals surface area (Å²) in [5.74, 6) is 1.18. The van der Waals surface area contributed by atoms with Crippen LogP contribution >= 0.6 is 11.6 Å². The lowest BCUT2D eigenvalue weighted by atomic mass is 10.1. The van der Waals surface area contributed by atoms with Crippen molar-refractivity contribution in [2.24, 2.45) is 7.05 Å². The molecule has 1 heterocycles. The fourth-order valence-corrected chi connectivity index (χ4v) is 3.35. The van der Waals surface area contributed by atoms with Crippen LogP contribution in [-0.2, 0) is 18.5 Å². The number of ether oxygens (including phenoxy) is 1. The Morgan fingerprint density at radius 1 is 1.04 bits per heavy atom. The third-order valence-electron chi connectivity index (χ3n) is 4.83. The second-order valence-electron chi connectivity index (χ2n) is 6.68. The van der Waals surface area contributed by atoms with E-state index in [0.29, 0.717) is 6.73 Å². The molecule has 0 aliphatic carbocycles. The molecule has 0 spiro atoms. The largest absolute Gasteiger partial charge is 1.00 e. The molecule has 0 atom stereocenters. The number of halogens is 2. The van der Waals surface area contributed by atoms with E-state index < -0.39 is 0 Å². The molecule has 5 heteroatoms. The van der Waals surface area contributed by atoms with E-state index >= 15 is 0 Å². The van der Waals surface area contributed by atoms with Gasteiger partial charge in [0.2, 0.25) is 0 Å². The maximum absolute atomic E-state index is 6.15. The number of aromatic nitrogens is 2. The quantitative estimate of drug-likeness (QED) is 0.428. The van der Waals surface area contributed by atoms with Crippen molar-refractivity contribution in [1.82, 2.24) is 4.57 Å². The maximum Gasteiger partial charge on any atom is 0.255 e. The molecule has 1 aromatic heterocycles. The smallest absolute Gasteiger partial charge is 0.255 e. The van der Waals surface area contributed by atoms with Gasteiger partial charge in [0.1, 0.15) is 0 Å².